The second kappa shape index (κ2) is 8.00. The minimum atomic E-state index is 0.284. The first-order valence-electron chi connectivity index (χ1n) is 6.17. The van der Waals surface area contributed by atoms with Crippen molar-refractivity contribution in [3.63, 3.8) is 0 Å². The Labute approximate surface area is 114 Å². The lowest BCUT2D eigenvalue weighted by Crippen LogP contribution is -2.30. The van der Waals surface area contributed by atoms with Crippen LogP contribution in [0.1, 0.15) is 25.8 Å². The summed E-state index contributed by atoms with van der Waals surface area (Å²) in [5, 5.41) is 6.75. The highest BCUT2D eigenvalue weighted by Crippen LogP contribution is 2.03. The van der Waals surface area contributed by atoms with Gasteiger partial charge in [0.2, 0.25) is 0 Å². The summed E-state index contributed by atoms with van der Waals surface area (Å²) >= 11 is 5.17. The Hall–Kier alpha value is -1.20. The lowest BCUT2D eigenvalue weighted by atomic mass is 10.3. The van der Waals surface area contributed by atoms with Crippen molar-refractivity contribution in [1.29, 1.82) is 0 Å². The number of aryl methyl sites for hydroxylation is 1. The van der Waals surface area contributed by atoms with Crippen LogP contribution in [0.4, 0.5) is 5.82 Å². The molecule has 18 heavy (non-hydrogen) atoms. The number of nitrogens with one attached hydrogen (secondary N) is 2. The summed E-state index contributed by atoms with van der Waals surface area (Å²) in [6.45, 7) is 7.61. The van der Waals surface area contributed by atoms with Crippen LogP contribution in [0.15, 0.2) is 18.3 Å². The standard InChI is InChI=1S/C13H21N3OS/c1-10(2)17-8-4-7-14-13(18)16-12-6-5-11(3)9-15-12/h5-6,9-10H,4,7-8H2,1-3H3,(H2,14,15,16,18). The van der Waals surface area contributed by atoms with Gasteiger partial charge in [-0.05, 0) is 51.0 Å². The van der Waals surface area contributed by atoms with Gasteiger partial charge < -0.3 is 15.4 Å². The van der Waals surface area contributed by atoms with Gasteiger partial charge in [0.15, 0.2) is 5.11 Å². The Kier molecular flexibility index (Phi) is 6.60. The SMILES string of the molecule is Cc1ccc(NC(=S)NCCCOC(C)C)nc1. The summed E-state index contributed by atoms with van der Waals surface area (Å²) in [5.74, 6) is 0.761. The summed E-state index contributed by atoms with van der Waals surface area (Å²) in [6, 6.07) is 3.90. The molecule has 0 aliphatic rings. The second-order valence-corrected chi connectivity index (χ2v) is 4.78. The normalized spacial score (nSPS) is 10.4. The van der Waals surface area contributed by atoms with Gasteiger partial charge in [-0.2, -0.15) is 0 Å². The van der Waals surface area contributed by atoms with Crippen molar-refractivity contribution in [2.75, 3.05) is 18.5 Å². The summed E-state index contributed by atoms with van der Waals surface area (Å²) in [6.07, 6.45) is 3.02. The van der Waals surface area contributed by atoms with E-state index in [1.165, 1.54) is 0 Å². The molecule has 1 rings (SSSR count). The fourth-order valence-electron chi connectivity index (χ4n) is 1.30. The van der Waals surface area contributed by atoms with Gasteiger partial charge in [0.05, 0.1) is 6.10 Å². The van der Waals surface area contributed by atoms with E-state index < -0.39 is 0 Å². The van der Waals surface area contributed by atoms with Gasteiger partial charge in [0.1, 0.15) is 5.82 Å². The summed E-state index contributed by atoms with van der Waals surface area (Å²) in [4.78, 5) is 4.22. The Morgan fingerprint density at radius 1 is 1.44 bits per heavy atom. The van der Waals surface area contributed by atoms with Crippen LogP contribution in [0.3, 0.4) is 0 Å². The van der Waals surface area contributed by atoms with E-state index in [0.717, 1.165) is 31.0 Å². The van der Waals surface area contributed by atoms with E-state index >= 15 is 0 Å². The van der Waals surface area contributed by atoms with Crippen LogP contribution in [0.5, 0.6) is 0 Å². The molecule has 0 aliphatic carbocycles. The van der Waals surface area contributed by atoms with Crippen LogP contribution >= 0.6 is 12.2 Å². The van der Waals surface area contributed by atoms with E-state index in [1.54, 1.807) is 6.20 Å². The third-order valence-electron chi connectivity index (χ3n) is 2.21. The number of hydrogen-bond donors (Lipinski definition) is 2. The maximum absolute atomic E-state index is 5.44. The molecule has 1 heterocycles. The Morgan fingerprint density at radius 3 is 2.83 bits per heavy atom. The highest BCUT2D eigenvalue weighted by molar-refractivity contribution is 7.80. The van der Waals surface area contributed by atoms with Gasteiger partial charge in [0, 0.05) is 19.3 Å². The zero-order valence-electron chi connectivity index (χ0n) is 11.2. The van der Waals surface area contributed by atoms with Crippen LogP contribution in [-0.4, -0.2) is 29.4 Å². The molecule has 0 amide bonds. The van der Waals surface area contributed by atoms with E-state index in [1.807, 2.05) is 32.9 Å². The molecule has 0 bridgehead atoms. The molecule has 4 nitrogen and oxygen atoms in total. The fraction of sp³-hybridized carbons (Fsp3) is 0.538. The van der Waals surface area contributed by atoms with Gasteiger partial charge in [0.25, 0.3) is 0 Å². The molecule has 1 aromatic rings. The van der Waals surface area contributed by atoms with Gasteiger partial charge in [-0.3, -0.25) is 0 Å². The van der Waals surface area contributed by atoms with E-state index in [4.69, 9.17) is 17.0 Å². The number of nitrogens with zero attached hydrogens (tertiary/aromatic N) is 1. The topological polar surface area (TPSA) is 46.2 Å². The lowest BCUT2D eigenvalue weighted by molar-refractivity contribution is 0.0777. The van der Waals surface area contributed by atoms with Gasteiger partial charge >= 0.3 is 0 Å². The highest BCUT2D eigenvalue weighted by atomic mass is 32.1. The van der Waals surface area contributed by atoms with Gasteiger partial charge in [-0.25, -0.2) is 4.98 Å². The number of rotatable bonds is 6. The number of pyridine rings is 1. The molecule has 0 radical (unpaired) electrons. The van der Waals surface area contributed by atoms with E-state index in [-0.39, 0.29) is 6.10 Å². The monoisotopic (exact) mass is 267 g/mol. The van der Waals surface area contributed by atoms with Crippen LogP contribution < -0.4 is 10.6 Å². The Morgan fingerprint density at radius 2 is 2.22 bits per heavy atom. The summed E-state index contributed by atoms with van der Waals surface area (Å²) in [5.41, 5.74) is 1.13. The van der Waals surface area contributed by atoms with Crippen molar-refractivity contribution in [3.05, 3.63) is 23.9 Å². The van der Waals surface area contributed by atoms with Crippen LogP contribution in [0, 0.1) is 6.92 Å². The number of ether oxygens (including phenoxy) is 1. The van der Waals surface area contributed by atoms with Crippen molar-refractivity contribution in [2.24, 2.45) is 0 Å². The first kappa shape index (κ1) is 14.9. The van der Waals surface area contributed by atoms with Crippen LogP contribution in [0.2, 0.25) is 0 Å². The van der Waals surface area contributed by atoms with E-state index in [9.17, 15) is 0 Å². The molecule has 1 aromatic heterocycles. The third kappa shape index (κ3) is 6.51. The third-order valence-corrected chi connectivity index (χ3v) is 2.46. The molecule has 2 N–H and O–H groups in total. The zero-order chi connectivity index (χ0) is 13.4. The number of thiocarbonyl (C=S) groups is 1. The summed E-state index contributed by atoms with van der Waals surface area (Å²) in [7, 11) is 0. The lowest BCUT2D eigenvalue weighted by Gasteiger charge is -2.11. The zero-order valence-corrected chi connectivity index (χ0v) is 12.0. The fourth-order valence-corrected chi connectivity index (χ4v) is 1.50. The largest absolute Gasteiger partial charge is 0.379 e. The maximum atomic E-state index is 5.44. The Balaban J connectivity index is 2.16. The highest BCUT2D eigenvalue weighted by Gasteiger charge is 1.98. The van der Waals surface area contributed by atoms with Gasteiger partial charge in [-0.1, -0.05) is 6.07 Å². The van der Waals surface area contributed by atoms with Crippen molar-refractivity contribution in [2.45, 2.75) is 33.3 Å². The van der Waals surface area contributed by atoms with E-state index in [0.29, 0.717) is 5.11 Å². The first-order valence-corrected chi connectivity index (χ1v) is 6.58. The maximum Gasteiger partial charge on any atom is 0.171 e. The molecule has 0 aromatic carbocycles. The first-order chi connectivity index (χ1) is 8.58. The second-order valence-electron chi connectivity index (χ2n) is 4.37. The Bertz CT molecular complexity index is 365. The molecule has 0 atom stereocenters. The molecule has 0 unspecified atom stereocenters. The average molecular weight is 267 g/mol. The predicted octanol–water partition coefficient (Wildman–Crippen LogP) is 2.49. The van der Waals surface area contributed by atoms with Crippen molar-refractivity contribution < 1.29 is 4.74 Å². The van der Waals surface area contributed by atoms with Gasteiger partial charge in [-0.15, -0.1) is 0 Å². The van der Waals surface area contributed by atoms with Crippen molar-refractivity contribution in [1.82, 2.24) is 10.3 Å². The predicted molar refractivity (Wildman–Crippen MR) is 78.9 cm³/mol. The molecule has 0 saturated carbocycles. The molecule has 100 valence electrons. The number of hydrogen-bond acceptors (Lipinski definition) is 3. The minimum absolute atomic E-state index is 0.284. The molecular formula is C13H21N3OS. The molecule has 0 fully saturated rings. The smallest absolute Gasteiger partial charge is 0.171 e. The molecule has 0 aliphatic heterocycles. The molecular weight excluding hydrogens is 246 g/mol. The van der Waals surface area contributed by atoms with E-state index in [2.05, 4.69) is 15.6 Å². The number of aromatic nitrogens is 1. The molecule has 0 saturated heterocycles. The number of anilines is 1. The van der Waals surface area contributed by atoms with Crippen molar-refractivity contribution >= 4 is 23.1 Å². The van der Waals surface area contributed by atoms with Crippen molar-refractivity contribution in [3.8, 4) is 0 Å². The minimum Gasteiger partial charge on any atom is -0.379 e. The quantitative estimate of drug-likeness (QED) is 0.612. The average Bonchev–Trinajstić information content (AvgIpc) is 2.31. The summed E-state index contributed by atoms with van der Waals surface area (Å²) < 4.78 is 5.44. The molecule has 0 spiro atoms. The van der Waals surface area contributed by atoms with Crippen LogP contribution in [-0.2, 0) is 4.74 Å². The molecule has 5 heteroatoms. The van der Waals surface area contributed by atoms with Crippen LogP contribution in [0.25, 0.3) is 0 Å².